The van der Waals surface area contributed by atoms with Crippen LogP contribution in [-0.4, -0.2) is 32.8 Å². The van der Waals surface area contributed by atoms with Crippen molar-refractivity contribution in [1.82, 2.24) is 14.6 Å². The number of imidazole rings is 1. The van der Waals surface area contributed by atoms with E-state index in [2.05, 4.69) is 10.1 Å². The summed E-state index contributed by atoms with van der Waals surface area (Å²) in [6.07, 6.45) is 0. The van der Waals surface area contributed by atoms with Gasteiger partial charge in [0.1, 0.15) is 18.1 Å². The number of hydrogen-bond donors (Lipinski definition) is 1. The molecule has 2 heterocycles. The molecule has 0 aliphatic heterocycles. The number of carboxylic acid groups (broad SMARTS) is 1. The van der Waals surface area contributed by atoms with Crippen molar-refractivity contribution in [1.29, 1.82) is 0 Å². The Balaban J connectivity index is 1.77. The molecule has 0 amide bonds. The zero-order chi connectivity index (χ0) is 15.7. The van der Waals surface area contributed by atoms with Crippen LogP contribution >= 0.6 is 11.3 Å². The molecule has 0 unspecified atom stereocenters. The first kappa shape index (κ1) is 14.3. The Kier molecular flexibility index (Phi) is 3.68. The molecule has 0 saturated heterocycles. The van der Waals surface area contributed by atoms with E-state index in [0.717, 1.165) is 5.75 Å². The second-order valence-corrected chi connectivity index (χ2v) is 5.55. The van der Waals surface area contributed by atoms with Gasteiger partial charge in [-0.15, -0.1) is 0 Å². The van der Waals surface area contributed by atoms with Crippen LogP contribution in [0.3, 0.4) is 0 Å². The van der Waals surface area contributed by atoms with Crippen molar-refractivity contribution in [3.63, 3.8) is 0 Å². The topological polar surface area (TPSA) is 86.0 Å². The first-order chi connectivity index (χ1) is 10.6. The SMILES string of the molecule is COc1ccc(OCc2nn3c(C(=O)O)c(C)nc3s2)cc1. The van der Waals surface area contributed by atoms with Gasteiger partial charge < -0.3 is 14.6 Å². The summed E-state index contributed by atoms with van der Waals surface area (Å²) in [7, 11) is 1.60. The number of aryl methyl sites for hydroxylation is 1. The van der Waals surface area contributed by atoms with Gasteiger partial charge >= 0.3 is 5.97 Å². The highest BCUT2D eigenvalue weighted by molar-refractivity contribution is 7.16. The van der Waals surface area contributed by atoms with Gasteiger partial charge in [0.25, 0.3) is 0 Å². The number of benzene rings is 1. The van der Waals surface area contributed by atoms with E-state index in [0.29, 0.717) is 21.4 Å². The average molecular weight is 319 g/mol. The number of hydrogen-bond acceptors (Lipinski definition) is 6. The van der Waals surface area contributed by atoms with E-state index in [1.165, 1.54) is 15.9 Å². The number of carboxylic acids is 1. The summed E-state index contributed by atoms with van der Waals surface area (Å²) in [6, 6.07) is 7.19. The molecule has 22 heavy (non-hydrogen) atoms. The maximum Gasteiger partial charge on any atom is 0.356 e. The standard InChI is InChI=1S/C14H13N3O4S/c1-8-12(13(18)19)17-14(15-8)22-11(16-17)7-21-10-5-3-9(20-2)4-6-10/h3-6H,7H2,1-2H3,(H,18,19). The van der Waals surface area contributed by atoms with Gasteiger partial charge in [-0.1, -0.05) is 11.3 Å². The Labute approximate surface area is 129 Å². The Bertz CT molecular complexity index is 823. The van der Waals surface area contributed by atoms with Crippen LogP contribution in [0.5, 0.6) is 11.5 Å². The van der Waals surface area contributed by atoms with Gasteiger partial charge in [-0.3, -0.25) is 0 Å². The maximum atomic E-state index is 11.2. The van der Waals surface area contributed by atoms with Gasteiger partial charge in [-0.2, -0.15) is 9.61 Å². The molecule has 0 radical (unpaired) electrons. The van der Waals surface area contributed by atoms with Crippen LogP contribution in [0.15, 0.2) is 24.3 Å². The normalized spacial score (nSPS) is 10.8. The fourth-order valence-electron chi connectivity index (χ4n) is 2.01. The van der Waals surface area contributed by atoms with Crippen molar-refractivity contribution in [3.05, 3.63) is 40.7 Å². The lowest BCUT2D eigenvalue weighted by Gasteiger charge is -2.04. The molecule has 1 N–H and O–H groups in total. The fraction of sp³-hybridized carbons (Fsp3) is 0.214. The Hall–Kier alpha value is -2.61. The number of ether oxygens (including phenoxy) is 2. The monoisotopic (exact) mass is 319 g/mol. The smallest absolute Gasteiger partial charge is 0.356 e. The molecule has 0 atom stereocenters. The van der Waals surface area contributed by atoms with E-state index < -0.39 is 5.97 Å². The number of fused-ring (bicyclic) bond motifs is 1. The predicted octanol–water partition coefficient (Wildman–Crippen LogP) is 2.39. The average Bonchev–Trinajstić information content (AvgIpc) is 3.01. The molecule has 0 saturated carbocycles. The first-order valence-corrected chi connectivity index (χ1v) is 7.25. The van der Waals surface area contributed by atoms with E-state index in [9.17, 15) is 9.90 Å². The van der Waals surface area contributed by atoms with Crippen molar-refractivity contribution >= 4 is 22.3 Å². The van der Waals surface area contributed by atoms with E-state index in [1.54, 1.807) is 38.3 Å². The lowest BCUT2D eigenvalue weighted by Crippen LogP contribution is -2.05. The third-order valence-electron chi connectivity index (χ3n) is 3.04. The van der Waals surface area contributed by atoms with Gasteiger partial charge in [-0.25, -0.2) is 9.78 Å². The Morgan fingerprint density at radius 1 is 1.32 bits per heavy atom. The summed E-state index contributed by atoms with van der Waals surface area (Å²) in [6.45, 7) is 1.90. The van der Waals surface area contributed by atoms with E-state index in [4.69, 9.17) is 9.47 Å². The minimum atomic E-state index is -1.04. The van der Waals surface area contributed by atoms with Gasteiger partial charge in [0.05, 0.1) is 12.8 Å². The summed E-state index contributed by atoms with van der Waals surface area (Å²) in [5.41, 5.74) is 0.538. The van der Waals surface area contributed by atoms with Crippen LogP contribution in [0.4, 0.5) is 0 Å². The highest BCUT2D eigenvalue weighted by Crippen LogP contribution is 2.21. The second kappa shape index (κ2) is 5.64. The third-order valence-corrected chi connectivity index (χ3v) is 3.93. The lowest BCUT2D eigenvalue weighted by molar-refractivity contribution is 0.0687. The molecule has 0 spiro atoms. The van der Waals surface area contributed by atoms with Crippen LogP contribution in [0.25, 0.3) is 4.96 Å². The highest BCUT2D eigenvalue weighted by Gasteiger charge is 2.19. The van der Waals surface area contributed by atoms with Crippen LogP contribution < -0.4 is 9.47 Å². The van der Waals surface area contributed by atoms with E-state index >= 15 is 0 Å². The molecule has 0 fully saturated rings. The van der Waals surface area contributed by atoms with Crippen molar-refractivity contribution in [2.45, 2.75) is 13.5 Å². The number of methoxy groups -OCH3 is 1. The second-order valence-electron chi connectivity index (χ2n) is 4.51. The Morgan fingerprint density at radius 3 is 2.64 bits per heavy atom. The molecule has 0 bridgehead atoms. The largest absolute Gasteiger partial charge is 0.497 e. The first-order valence-electron chi connectivity index (χ1n) is 6.43. The third kappa shape index (κ3) is 2.60. The Morgan fingerprint density at radius 2 is 2.00 bits per heavy atom. The summed E-state index contributed by atoms with van der Waals surface area (Å²) < 4.78 is 12.0. The maximum absolute atomic E-state index is 11.2. The molecule has 0 aliphatic carbocycles. The van der Waals surface area contributed by atoms with Crippen LogP contribution in [0.2, 0.25) is 0 Å². The van der Waals surface area contributed by atoms with Crippen molar-refractivity contribution in [3.8, 4) is 11.5 Å². The van der Waals surface area contributed by atoms with Crippen LogP contribution in [-0.2, 0) is 6.61 Å². The van der Waals surface area contributed by atoms with Crippen molar-refractivity contribution < 1.29 is 19.4 Å². The van der Waals surface area contributed by atoms with Crippen LogP contribution in [0.1, 0.15) is 21.2 Å². The molecule has 2 aromatic heterocycles. The number of rotatable bonds is 5. The predicted molar refractivity (Wildman–Crippen MR) is 79.9 cm³/mol. The lowest BCUT2D eigenvalue weighted by atomic mass is 10.3. The number of aromatic carboxylic acids is 1. The molecule has 1 aromatic carbocycles. The minimum Gasteiger partial charge on any atom is -0.497 e. The van der Waals surface area contributed by atoms with E-state index in [-0.39, 0.29) is 12.3 Å². The molecule has 8 heteroatoms. The molecule has 3 aromatic rings. The van der Waals surface area contributed by atoms with Crippen molar-refractivity contribution in [2.75, 3.05) is 7.11 Å². The van der Waals surface area contributed by atoms with Crippen LogP contribution in [0, 0.1) is 6.92 Å². The van der Waals surface area contributed by atoms with Crippen molar-refractivity contribution in [2.24, 2.45) is 0 Å². The molecule has 3 rings (SSSR count). The van der Waals surface area contributed by atoms with Gasteiger partial charge in [-0.05, 0) is 31.2 Å². The summed E-state index contributed by atoms with van der Waals surface area (Å²) in [5.74, 6) is 0.392. The zero-order valence-electron chi connectivity index (χ0n) is 11.9. The minimum absolute atomic E-state index is 0.0851. The molecular weight excluding hydrogens is 306 g/mol. The number of carbonyl (C=O) groups is 1. The molecule has 0 aliphatic rings. The summed E-state index contributed by atoms with van der Waals surface area (Å²) in [4.78, 5) is 15.9. The van der Waals surface area contributed by atoms with E-state index in [1.807, 2.05) is 0 Å². The summed E-state index contributed by atoms with van der Waals surface area (Å²) in [5, 5.41) is 14.1. The molecule has 7 nitrogen and oxygen atoms in total. The fourth-order valence-corrected chi connectivity index (χ4v) is 2.86. The quantitative estimate of drug-likeness (QED) is 0.777. The van der Waals surface area contributed by atoms with Gasteiger partial charge in [0.2, 0.25) is 4.96 Å². The van der Waals surface area contributed by atoms with Gasteiger partial charge in [0.15, 0.2) is 10.7 Å². The highest BCUT2D eigenvalue weighted by atomic mass is 32.1. The number of aromatic nitrogens is 3. The molecule has 114 valence electrons. The summed E-state index contributed by atoms with van der Waals surface area (Å²) >= 11 is 1.30. The number of nitrogens with zero attached hydrogens (tertiary/aromatic N) is 3. The molecular formula is C14H13N3O4S. The zero-order valence-corrected chi connectivity index (χ0v) is 12.8. The van der Waals surface area contributed by atoms with Gasteiger partial charge in [0, 0.05) is 0 Å².